The molecular weight excluding hydrogens is 338 g/mol. The van der Waals surface area contributed by atoms with E-state index in [0.717, 1.165) is 38.9 Å². The van der Waals surface area contributed by atoms with E-state index in [1.807, 2.05) is 0 Å². The molecule has 0 bridgehead atoms. The first-order valence-electron chi connectivity index (χ1n) is 10.4. The van der Waals surface area contributed by atoms with Crippen LogP contribution >= 0.6 is 0 Å². The minimum Gasteiger partial charge on any atom is -0.394 e. The number of nitrogens with zero attached hydrogens (tertiary/aromatic N) is 1. The molecule has 27 heavy (non-hydrogen) atoms. The highest BCUT2D eigenvalue weighted by Gasteiger charge is 2.56. The van der Waals surface area contributed by atoms with Gasteiger partial charge in [-0.3, -0.25) is 4.90 Å². The van der Waals surface area contributed by atoms with E-state index in [-0.39, 0.29) is 24.2 Å². The Morgan fingerprint density at radius 1 is 1.26 bits per heavy atom. The third-order valence-corrected chi connectivity index (χ3v) is 6.31. The molecule has 4 heteroatoms. The highest BCUT2D eigenvalue weighted by Crippen LogP contribution is 2.51. The molecule has 2 aliphatic rings. The summed E-state index contributed by atoms with van der Waals surface area (Å²) in [5.41, 5.74) is 2.62. The highest BCUT2D eigenvalue weighted by molar-refractivity contribution is 5.66. The summed E-state index contributed by atoms with van der Waals surface area (Å²) in [6.45, 7) is 7.88. The fraction of sp³-hybridized carbons (Fsp3) is 0.652. The Kier molecular flexibility index (Phi) is 7.10. The van der Waals surface area contributed by atoms with Gasteiger partial charge in [0.25, 0.3) is 0 Å². The van der Waals surface area contributed by atoms with Crippen LogP contribution in [0.4, 0.5) is 0 Å². The first-order valence-corrected chi connectivity index (χ1v) is 10.4. The zero-order chi connectivity index (χ0) is 19.3. The quantitative estimate of drug-likeness (QED) is 0.734. The molecule has 1 spiro atoms. The van der Waals surface area contributed by atoms with Crippen LogP contribution in [0.1, 0.15) is 45.1 Å². The molecule has 1 saturated heterocycles. The lowest BCUT2D eigenvalue weighted by atomic mass is 9.58. The third-order valence-electron chi connectivity index (χ3n) is 6.31. The topological polar surface area (TPSA) is 52.9 Å². The molecule has 1 aliphatic carbocycles. The van der Waals surface area contributed by atoms with Gasteiger partial charge in [0, 0.05) is 18.4 Å². The molecule has 1 saturated carbocycles. The maximum absolute atomic E-state index is 10.4. The van der Waals surface area contributed by atoms with Crippen LogP contribution in [0.3, 0.4) is 0 Å². The molecular formula is C23H35NO3. The monoisotopic (exact) mass is 373 g/mol. The Morgan fingerprint density at radius 2 is 1.96 bits per heavy atom. The number of aliphatic hydroxyl groups is 2. The van der Waals surface area contributed by atoms with Crippen molar-refractivity contribution in [2.75, 3.05) is 32.8 Å². The van der Waals surface area contributed by atoms with Gasteiger partial charge in [0.15, 0.2) is 0 Å². The Labute approximate surface area is 163 Å². The van der Waals surface area contributed by atoms with Crippen LogP contribution in [0, 0.1) is 11.3 Å². The summed E-state index contributed by atoms with van der Waals surface area (Å²) >= 11 is 0. The number of piperidine rings is 1. The molecule has 0 aromatic heterocycles. The van der Waals surface area contributed by atoms with Crippen LogP contribution in [-0.2, 0) is 4.74 Å². The minimum absolute atomic E-state index is 0.0515. The second-order valence-corrected chi connectivity index (χ2v) is 8.57. The summed E-state index contributed by atoms with van der Waals surface area (Å²) in [5, 5.41) is 19.4. The van der Waals surface area contributed by atoms with Crippen molar-refractivity contribution in [3.8, 4) is 0 Å². The van der Waals surface area contributed by atoms with E-state index >= 15 is 0 Å². The second kappa shape index (κ2) is 9.33. The molecule has 0 unspecified atom stereocenters. The van der Waals surface area contributed by atoms with Gasteiger partial charge in [-0.1, -0.05) is 50.3 Å². The Hall–Kier alpha value is -1.20. The summed E-state index contributed by atoms with van der Waals surface area (Å²) < 4.78 is 5.80. The van der Waals surface area contributed by atoms with Gasteiger partial charge in [0.1, 0.15) is 0 Å². The first-order chi connectivity index (χ1) is 13.0. The zero-order valence-corrected chi connectivity index (χ0v) is 16.8. The van der Waals surface area contributed by atoms with Gasteiger partial charge in [0.2, 0.25) is 0 Å². The van der Waals surface area contributed by atoms with Crippen LogP contribution in [0.5, 0.6) is 0 Å². The van der Waals surface area contributed by atoms with E-state index in [1.165, 1.54) is 11.1 Å². The summed E-state index contributed by atoms with van der Waals surface area (Å²) in [6, 6.07) is 10.7. The maximum atomic E-state index is 10.4. The summed E-state index contributed by atoms with van der Waals surface area (Å²) in [5.74, 6) is 0.655. The van der Waals surface area contributed by atoms with E-state index in [9.17, 15) is 5.11 Å². The van der Waals surface area contributed by atoms with Gasteiger partial charge in [-0.15, -0.1) is 0 Å². The van der Waals surface area contributed by atoms with E-state index in [2.05, 4.69) is 55.2 Å². The van der Waals surface area contributed by atoms with Crippen LogP contribution in [0.15, 0.2) is 36.4 Å². The number of aliphatic hydroxyl groups excluding tert-OH is 2. The minimum atomic E-state index is -0.256. The molecule has 1 heterocycles. The number of hydrogen-bond donors (Lipinski definition) is 2. The molecule has 2 N–H and O–H groups in total. The fourth-order valence-corrected chi connectivity index (χ4v) is 4.48. The van der Waals surface area contributed by atoms with Gasteiger partial charge in [-0.05, 0) is 49.4 Å². The van der Waals surface area contributed by atoms with Gasteiger partial charge >= 0.3 is 0 Å². The Morgan fingerprint density at radius 3 is 2.56 bits per heavy atom. The van der Waals surface area contributed by atoms with Crippen LogP contribution in [-0.4, -0.2) is 60.2 Å². The maximum Gasteiger partial charge on any atom is 0.0701 e. The van der Waals surface area contributed by atoms with Crippen LogP contribution in [0.25, 0.3) is 5.57 Å². The van der Waals surface area contributed by atoms with Crippen molar-refractivity contribution in [1.82, 2.24) is 4.90 Å². The number of rotatable bonds is 8. The van der Waals surface area contributed by atoms with E-state index in [4.69, 9.17) is 9.84 Å². The second-order valence-electron chi connectivity index (χ2n) is 8.57. The predicted molar refractivity (Wildman–Crippen MR) is 109 cm³/mol. The normalized spacial score (nSPS) is 25.7. The number of allylic oxidation sites excluding steroid dienone is 1. The van der Waals surface area contributed by atoms with Crippen molar-refractivity contribution in [2.24, 2.45) is 11.3 Å². The summed E-state index contributed by atoms with van der Waals surface area (Å²) in [6.07, 6.45) is 5.99. The van der Waals surface area contributed by atoms with Gasteiger partial charge in [-0.2, -0.15) is 0 Å². The van der Waals surface area contributed by atoms with Crippen molar-refractivity contribution < 1.29 is 14.9 Å². The summed E-state index contributed by atoms with van der Waals surface area (Å²) in [7, 11) is 0. The highest BCUT2D eigenvalue weighted by atomic mass is 16.5. The Bertz CT molecular complexity index is 605. The predicted octanol–water partition coefficient (Wildman–Crippen LogP) is 3.34. The molecule has 3 rings (SSSR count). The fourth-order valence-electron chi connectivity index (χ4n) is 4.48. The van der Waals surface area contributed by atoms with E-state index in [0.29, 0.717) is 18.9 Å². The number of hydrogen-bond acceptors (Lipinski definition) is 4. The molecule has 2 fully saturated rings. The Balaban J connectivity index is 1.61. The SMILES string of the molecule is CC(C)CC=C(CN1CCC2(CC1)[C@H](O)C[C@@H]2OCCO)c1ccccc1. The molecule has 0 radical (unpaired) electrons. The molecule has 2 atom stereocenters. The molecule has 4 nitrogen and oxygen atoms in total. The first kappa shape index (κ1) is 20.5. The lowest BCUT2D eigenvalue weighted by Crippen LogP contribution is -2.62. The largest absolute Gasteiger partial charge is 0.394 e. The summed E-state index contributed by atoms with van der Waals surface area (Å²) in [4.78, 5) is 2.51. The molecule has 1 aromatic rings. The lowest BCUT2D eigenvalue weighted by molar-refractivity contribution is -0.212. The average Bonchev–Trinajstić information content (AvgIpc) is 2.69. The number of benzene rings is 1. The standard InChI is InChI=1S/C23H35NO3/c1-18(2)8-9-20(19-6-4-3-5-7-19)17-24-12-10-23(11-13-24)21(26)16-22(23)27-15-14-25/h3-7,9,18,21-22,25-26H,8,10-17H2,1-2H3/t21-,22+/m1/s1. The van der Waals surface area contributed by atoms with Crippen molar-refractivity contribution in [1.29, 1.82) is 0 Å². The molecule has 1 aliphatic heterocycles. The third kappa shape index (κ3) is 4.80. The van der Waals surface area contributed by atoms with Gasteiger partial charge < -0.3 is 14.9 Å². The average molecular weight is 374 g/mol. The molecule has 150 valence electrons. The van der Waals surface area contributed by atoms with Crippen LogP contribution in [0.2, 0.25) is 0 Å². The van der Waals surface area contributed by atoms with Crippen molar-refractivity contribution in [3.05, 3.63) is 42.0 Å². The van der Waals surface area contributed by atoms with Gasteiger partial charge in [-0.25, -0.2) is 0 Å². The van der Waals surface area contributed by atoms with Crippen LogP contribution < -0.4 is 0 Å². The van der Waals surface area contributed by atoms with Gasteiger partial charge in [0.05, 0.1) is 25.4 Å². The molecule has 0 amide bonds. The number of ether oxygens (including phenoxy) is 1. The number of likely N-dealkylation sites (tertiary alicyclic amines) is 1. The van der Waals surface area contributed by atoms with E-state index < -0.39 is 0 Å². The zero-order valence-electron chi connectivity index (χ0n) is 16.8. The van der Waals surface area contributed by atoms with Crippen molar-refractivity contribution >= 4 is 5.57 Å². The van der Waals surface area contributed by atoms with E-state index in [1.54, 1.807) is 0 Å². The molecule has 1 aromatic carbocycles. The smallest absolute Gasteiger partial charge is 0.0701 e. The van der Waals surface area contributed by atoms with Crippen molar-refractivity contribution in [2.45, 2.75) is 51.7 Å². The lowest BCUT2D eigenvalue weighted by Gasteiger charge is -2.56. The van der Waals surface area contributed by atoms with Crippen molar-refractivity contribution in [3.63, 3.8) is 0 Å².